The number of carbonyl (C=O) groups excluding carboxylic acids is 1. The largest absolute Gasteiger partial charge is 0.491 e. The third-order valence-electron chi connectivity index (χ3n) is 3.97. The molecule has 1 fully saturated rings. The van der Waals surface area contributed by atoms with Crippen LogP contribution in [0.2, 0.25) is 0 Å². The van der Waals surface area contributed by atoms with Crippen LogP contribution in [0.25, 0.3) is 11.0 Å². The summed E-state index contributed by atoms with van der Waals surface area (Å²) in [6.07, 6.45) is -3.20. The first-order valence-corrected chi connectivity index (χ1v) is 7.35. The number of aromatic nitrogens is 2. The average Bonchev–Trinajstić information content (AvgIpc) is 2.84. The number of nitrogens with one attached hydrogen (secondary N) is 1. The Hall–Kier alpha value is -2.09. The highest BCUT2D eigenvalue weighted by Gasteiger charge is 2.41. The number of rotatable bonds is 2. The monoisotopic (exact) mass is 327 g/mol. The number of nitrogens with zero attached hydrogens (tertiary/aromatic N) is 2. The minimum absolute atomic E-state index is 0.166. The fourth-order valence-electron chi connectivity index (χ4n) is 2.97. The number of fused-ring (bicyclic) bond motifs is 1. The van der Waals surface area contributed by atoms with E-state index in [1.807, 2.05) is 4.57 Å². The lowest BCUT2D eigenvalue weighted by atomic mass is 10.1. The fraction of sp³-hybridized carbons (Fsp3) is 0.467. The van der Waals surface area contributed by atoms with Crippen LogP contribution in [-0.4, -0.2) is 34.8 Å². The summed E-state index contributed by atoms with van der Waals surface area (Å²) in [5.74, 6) is -1.71. The lowest BCUT2D eigenvalue weighted by Crippen LogP contribution is -2.29. The van der Waals surface area contributed by atoms with E-state index in [9.17, 15) is 18.0 Å². The Kier molecular flexibility index (Phi) is 4.01. The molecule has 23 heavy (non-hydrogen) atoms. The zero-order chi connectivity index (χ0) is 16.6. The molecule has 8 heteroatoms. The van der Waals surface area contributed by atoms with Gasteiger partial charge in [0, 0.05) is 6.04 Å². The molecule has 0 amide bonds. The second-order valence-corrected chi connectivity index (χ2v) is 5.52. The number of hydrogen-bond donors (Lipinski definition) is 1. The first-order chi connectivity index (χ1) is 10.9. The first-order valence-electron chi connectivity index (χ1n) is 7.35. The second kappa shape index (κ2) is 5.84. The maximum absolute atomic E-state index is 12.4. The smallest absolute Gasteiger partial charge is 0.417 e. The average molecular weight is 327 g/mol. The van der Waals surface area contributed by atoms with Gasteiger partial charge in [-0.1, -0.05) is 6.07 Å². The molecule has 0 spiro atoms. The van der Waals surface area contributed by atoms with Gasteiger partial charge in [0.2, 0.25) is 0 Å². The van der Waals surface area contributed by atoms with E-state index in [0.717, 1.165) is 25.9 Å². The Bertz CT molecular complexity index is 733. The second-order valence-electron chi connectivity index (χ2n) is 5.52. The van der Waals surface area contributed by atoms with Gasteiger partial charge in [-0.2, -0.15) is 13.2 Å². The summed E-state index contributed by atoms with van der Waals surface area (Å²) in [6, 6.07) is 4.91. The van der Waals surface area contributed by atoms with Crippen LogP contribution in [0.4, 0.5) is 13.2 Å². The van der Waals surface area contributed by atoms with E-state index >= 15 is 0 Å². The maximum atomic E-state index is 12.4. The van der Waals surface area contributed by atoms with Crippen molar-refractivity contribution in [1.82, 2.24) is 14.9 Å². The Labute approximate surface area is 130 Å². The third-order valence-corrected chi connectivity index (χ3v) is 3.97. The Morgan fingerprint density at radius 3 is 2.70 bits per heavy atom. The molecule has 1 aliphatic rings. The SMILES string of the molecule is Cc1nc2c(OC(=O)C(F)(F)F)cccc2n1C1CCNCC1. The number of benzene rings is 1. The molecule has 0 unspecified atom stereocenters. The Morgan fingerprint density at radius 2 is 2.04 bits per heavy atom. The molecule has 1 aliphatic heterocycles. The lowest BCUT2D eigenvalue weighted by Gasteiger charge is -2.25. The van der Waals surface area contributed by atoms with Gasteiger partial charge in [-0.25, -0.2) is 9.78 Å². The summed E-state index contributed by atoms with van der Waals surface area (Å²) in [5, 5.41) is 3.27. The number of piperidine rings is 1. The standard InChI is InChI=1S/C15H16F3N3O2/c1-9-20-13-11(21(9)10-5-7-19-8-6-10)3-2-4-12(13)23-14(22)15(16,17)18/h2-4,10,19H,5-8H2,1H3. The molecule has 0 atom stereocenters. The van der Waals surface area contributed by atoms with Crippen molar-refractivity contribution >= 4 is 17.0 Å². The molecule has 0 aliphatic carbocycles. The summed E-state index contributed by atoms with van der Waals surface area (Å²) in [4.78, 5) is 15.4. The van der Waals surface area contributed by atoms with Gasteiger partial charge in [0.15, 0.2) is 5.75 Å². The van der Waals surface area contributed by atoms with Gasteiger partial charge in [-0.15, -0.1) is 0 Å². The normalized spacial score (nSPS) is 16.7. The molecular formula is C15H16F3N3O2. The van der Waals surface area contributed by atoms with Gasteiger partial charge < -0.3 is 14.6 Å². The van der Waals surface area contributed by atoms with Gasteiger partial charge in [0.1, 0.15) is 11.3 Å². The minimum atomic E-state index is -5.03. The molecule has 124 valence electrons. The zero-order valence-corrected chi connectivity index (χ0v) is 12.5. The van der Waals surface area contributed by atoms with Crippen LogP contribution >= 0.6 is 0 Å². The van der Waals surface area contributed by atoms with E-state index in [4.69, 9.17) is 0 Å². The number of imidazole rings is 1. The molecule has 0 saturated carbocycles. The Morgan fingerprint density at radius 1 is 1.35 bits per heavy atom. The van der Waals surface area contributed by atoms with E-state index in [0.29, 0.717) is 11.3 Å². The fourth-order valence-corrected chi connectivity index (χ4v) is 2.97. The van der Waals surface area contributed by atoms with E-state index in [1.54, 1.807) is 19.1 Å². The highest BCUT2D eigenvalue weighted by molar-refractivity contribution is 5.87. The van der Waals surface area contributed by atoms with E-state index in [1.165, 1.54) is 6.07 Å². The number of esters is 1. The minimum Gasteiger partial charge on any atom is -0.417 e. The van der Waals surface area contributed by atoms with Gasteiger partial charge in [0.05, 0.1) is 5.52 Å². The van der Waals surface area contributed by atoms with Crippen LogP contribution < -0.4 is 10.1 Å². The maximum Gasteiger partial charge on any atom is 0.491 e. The molecular weight excluding hydrogens is 311 g/mol. The lowest BCUT2D eigenvalue weighted by molar-refractivity contribution is -0.189. The third kappa shape index (κ3) is 3.03. The van der Waals surface area contributed by atoms with E-state index in [-0.39, 0.29) is 17.3 Å². The van der Waals surface area contributed by atoms with Gasteiger partial charge in [-0.05, 0) is 45.0 Å². The number of halogens is 3. The van der Waals surface area contributed by atoms with Gasteiger partial charge in [0.25, 0.3) is 0 Å². The van der Waals surface area contributed by atoms with Crippen LogP contribution in [-0.2, 0) is 4.79 Å². The molecule has 1 N–H and O–H groups in total. The van der Waals surface area contributed by atoms with Gasteiger partial charge in [-0.3, -0.25) is 0 Å². The van der Waals surface area contributed by atoms with Crippen molar-refractivity contribution in [2.45, 2.75) is 32.0 Å². The van der Waals surface area contributed by atoms with Crippen molar-refractivity contribution < 1.29 is 22.7 Å². The van der Waals surface area contributed by atoms with Gasteiger partial charge >= 0.3 is 12.1 Å². The Balaban J connectivity index is 2.01. The van der Waals surface area contributed by atoms with Crippen LogP contribution in [0, 0.1) is 6.92 Å². The number of carbonyl (C=O) groups is 1. The van der Waals surface area contributed by atoms with Crippen molar-refractivity contribution in [2.75, 3.05) is 13.1 Å². The number of alkyl halides is 3. The topological polar surface area (TPSA) is 56.1 Å². The molecule has 0 bridgehead atoms. The summed E-state index contributed by atoms with van der Waals surface area (Å²) in [5.41, 5.74) is 0.961. The predicted molar refractivity (Wildman–Crippen MR) is 77.3 cm³/mol. The van der Waals surface area contributed by atoms with Crippen LogP contribution in [0.1, 0.15) is 24.7 Å². The van der Waals surface area contributed by atoms with Crippen molar-refractivity contribution in [3.05, 3.63) is 24.0 Å². The molecule has 2 heterocycles. The quantitative estimate of drug-likeness (QED) is 0.681. The van der Waals surface area contributed by atoms with E-state index in [2.05, 4.69) is 15.0 Å². The van der Waals surface area contributed by atoms with E-state index < -0.39 is 12.1 Å². The number of hydrogen-bond acceptors (Lipinski definition) is 4. The molecule has 2 aromatic rings. The molecule has 1 aromatic heterocycles. The molecule has 1 saturated heterocycles. The predicted octanol–water partition coefficient (Wildman–Crippen LogP) is 2.74. The highest BCUT2D eigenvalue weighted by atomic mass is 19.4. The summed E-state index contributed by atoms with van der Waals surface area (Å²) in [7, 11) is 0. The van der Waals surface area contributed by atoms with Crippen molar-refractivity contribution in [1.29, 1.82) is 0 Å². The van der Waals surface area contributed by atoms with Crippen LogP contribution in [0.5, 0.6) is 5.75 Å². The summed E-state index contributed by atoms with van der Waals surface area (Å²) in [6.45, 7) is 3.57. The van der Waals surface area contributed by atoms with Crippen molar-refractivity contribution in [3.8, 4) is 5.75 Å². The van der Waals surface area contributed by atoms with Crippen molar-refractivity contribution in [3.63, 3.8) is 0 Å². The molecule has 0 radical (unpaired) electrons. The van der Waals surface area contributed by atoms with Crippen LogP contribution in [0.15, 0.2) is 18.2 Å². The number of para-hydroxylation sites is 1. The molecule has 5 nitrogen and oxygen atoms in total. The van der Waals surface area contributed by atoms with Crippen LogP contribution in [0.3, 0.4) is 0 Å². The molecule has 1 aromatic carbocycles. The zero-order valence-electron chi connectivity index (χ0n) is 12.5. The highest BCUT2D eigenvalue weighted by Crippen LogP contribution is 2.32. The first kappa shape index (κ1) is 15.8. The summed E-state index contributed by atoms with van der Waals surface area (Å²) < 4.78 is 43.7. The summed E-state index contributed by atoms with van der Waals surface area (Å²) >= 11 is 0. The number of ether oxygens (including phenoxy) is 1. The van der Waals surface area contributed by atoms with Crippen molar-refractivity contribution in [2.24, 2.45) is 0 Å². The molecule has 3 rings (SSSR count). The number of aryl methyl sites for hydroxylation is 1.